The fraction of sp³-hybridized carbons (Fsp3) is 0.290. The maximum absolute atomic E-state index is 14.1. The first-order valence-corrected chi connectivity index (χ1v) is 14.3. The van der Waals surface area contributed by atoms with Crippen molar-refractivity contribution in [2.45, 2.75) is 37.4 Å². The van der Waals surface area contributed by atoms with E-state index in [1.165, 1.54) is 11.3 Å². The number of para-hydroxylation sites is 1. The molecule has 2 heterocycles. The number of Topliss-reactive ketones (excluding diaryl/α,β-unsaturated/α-hetero) is 1. The maximum atomic E-state index is 14.1. The van der Waals surface area contributed by atoms with Gasteiger partial charge in [-0.3, -0.25) is 9.59 Å². The molecule has 9 heteroatoms. The van der Waals surface area contributed by atoms with Gasteiger partial charge in [0.1, 0.15) is 17.0 Å². The summed E-state index contributed by atoms with van der Waals surface area (Å²) >= 11 is 1.27. The molecule has 6 rings (SSSR count). The lowest BCUT2D eigenvalue weighted by Crippen LogP contribution is -2.53. The predicted octanol–water partition coefficient (Wildman–Crippen LogP) is 4.19. The number of aryl methyl sites for hydroxylation is 1. The van der Waals surface area contributed by atoms with Crippen LogP contribution in [0.1, 0.15) is 50.8 Å². The number of nitrogen functional groups attached to an aromatic ring is 1. The molecule has 1 saturated heterocycles. The minimum absolute atomic E-state index is 0.242. The van der Waals surface area contributed by atoms with Crippen molar-refractivity contribution in [1.29, 1.82) is 0 Å². The number of anilines is 1. The van der Waals surface area contributed by atoms with Crippen LogP contribution in [0.4, 0.5) is 5.69 Å². The van der Waals surface area contributed by atoms with E-state index >= 15 is 0 Å². The largest absolute Gasteiger partial charge is 0.457 e. The summed E-state index contributed by atoms with van der Waals surface area (Å²) in [6.07, 6.45) is 2.15. The molecular formula is C31H33N5O3S. The molecule has 1 amide bonds. The zero-order valence-electron chi connectivity index (χ0n) is 22.6. The molecule has 1 aliphatic carbocycles. The number of nitrogens with two attached hydrogens (primary N) is 3. The predicted molar refractivity (Wildman–Crippen MR) is 159 cm³/mol. The highest BCUT2D eigenvalue weighted by molar-refractivity contribution is 7.21. The summed E-state index contributed by atoms with van der Waals surface area (Å²) in [4.78, 5) is 30.2. The Morgan fingerprint density at radius 2 is 1.88 bits per heavy atom. The fourth-order valence-corrected chi connectivity index (χ4v) is 7.34. The van der Waals surface area contributed by atoms with Gasteiger partial charge in [-0.1, -0.05) is 30.3 Å². The number of amides is 1. The molecule has 7 N–H and O–H groups in total. The summed E-state index contributed by atoms with van der Waals surface area (Å²) in [6, 6.07) is 17.7. The molecule has 1 aromatic heterocycles. The van der Waals surface area contributed by atoms with Gasteiger partial charge in [-0.2, -0.15) is 0 Å². The molecule has 4 aromatic rings. The Labute approximate surface area is 237 Å². The van der Waals surface area contributed by atoms with Crippen LogP contribution in [0.2, 0.25) is 0 Å². The molecule has 8 nitrogen and oxygen atoms in total. The first kappa shape index (κ1) is 26.5. The van der Waals surface area contributed by atoms with Crippen molar-refractivity contribution >= 4 is 38.8 Å². The van der Waals surface area contributed by atoms with Crippen LogP contribution in [0.15, 0.2) is 60.7 Å². The van der Waals surface area contributed by atoms with Crippen molar-refractivity contribution in [2.24, 2.45) is 11.5 Å². The monoisotopic (exact) mass is 555 g/mol. The van der Waals surface area contributed by atoms with Crippen molar-refractivity contribution in [1.82, 2.24) is 10.2 Å². The zero-order valence-corrected chi connectivity index (χ0v) is 23.4. The Balaban J connectivity index is 1.41. The van der Waals surface area contributed by atoms with E-state index in [0.717, 1.165) is 29.6 Å². The third-order valence-corrected chi connectivity index (χ3v) is 9.54. The normalized spacial score (nSPS) is 22.6. The number of thiophene rings is 1. The van der Waals surface area contributed by atoms with Crippen LogP contribution in [0.3, 0.4) is 0 Å². The average Bonchev–Trinajstić information content (AvgIpc) is 3.55. The average molecular weight is 556 g/mol. The lowest BCUT2D eigenvalue weighted by atomic mass is 9.69. The number of nitrogens with zero attached hydrogens (tertiary/aromatic N) is 1. The van der Waals surface area contributed by atoms with E-state index in [-0.39, 0.29) is 11.7 Å². The molecular weight excluding hydrogens is 522 g/mol. The van der Waals surface area contributed by atoms with Crippen molar-refractivity contribution in [3.63, 3.8) is 0 Å². The second-order valence-electron chi connectivity index (χ2n) is 10.8. The number of benzene rings is 3. The first-order chi connectivity index (χ1) is 19.2. The molecule has 0 spiro atoms. The van der Waals surface area contributed by atoms with E-state index in [0.29, 0.717) is 56.7 Å². The lowest BCUT2D eigenvalue weighted by molar-refractivity contribution is -0.124. The van der Waals surface area contributed by atoms with Crippen LogP contribution in [0, 0.1) is 6.92 Å². The highest BCUT2D eigenvalue weighted by Crippen LogP contribution is 2.50. The highest BCUT2D eigenvalue weighted by Gasteiger charge is 2.49. The highest BCUT2D eigenvalue weighted by atomic mass is 32.1. The first-order valence-electron chi connectivity index (χ1n) is 13.5. The Bertz CT molecular complexity index is 1640. The molecule has 2 unspecified atom stereocenters. The van der Waals surface area contributed by atoms with Crippen molar-refractivity contribution in [3.8, 4) is 11.5 Å². The molecule has 1 aliphatic heterocycles. The smallest absolute Gasteiger partial charge is 0.261 e. The van der Waals surface area contributed by atoms with Gasteiger partial charge >= 0.3 is 0 Å². The summed E-state index contributed by atoms with van der Waals surface area (Å²) in [6.45, 7) is 3.45. The van der Waals surface area contributed by atoms with E-state index in [9.17, 15) is 9.59 Å². The van der Waals surface area contributed by atoms with E-state index in [1.807, 2.05) is 49.4 Å². The Hall–Kier alpha value is -3.76. The number of carbonyl (C=O) groups is 2. The van der Waals surface area contributed by atoms with Gasteiger partial charge in [-0.15, -0.1) is 11.3 Å². The number of hydrogen-bond donors (Lipinski definition) is 4. The van der Waals surface area contributed by atoms with E-state index < -0.39 is 11.6 Å². The number of rotatable bonds is 6. The summed E-state index contributed by atoms with van der Waals surface area (Å²) in [5, 5.41) is 3.77. The summed E-state index contributed by atoms with van der Waals surface area (Å²) < 4.78 is 6.71. The van der Waals surface area contributed by atoms with E-state index in [2.05, 4.69) is 17.3 Å². The molecule has 1 fully saturated rings. The van der Waals surface area contributed by atoms with Crippen LogP contribution in [0.25, 0.3) is 10.1 Å². The van der Waals surface area contributed by atoms with Gasteiger partial charge in [-0.25, -0.2) is 0 Å². The minimum atomic E-state index is -1.52. The number of likely N-dealkylation sites (tertiary alicyclic amines) is 1. The third kappa shape index (κ3) is 4.17. The SMILES string of the molecule is Cc1cc(Oc2ccccc2)ccc1C1(N)C(=O)[C@@H](N)c2c(C(=O)NCC3CCCN3C)sc3c(N)ccc1c23. The van der Waals surface area contributed by atoms with Crippen LogP contribution in [-0.2, 0) is 10.3 Å². The van der Waals surface area contributed by atoms with E-state index in [4.69, 9.17) is 21.9 Å². The number of hydrogen-bond acceptors (Lipinski definition) is 8. The van der Waals surface area contributed by atoms with Crippen LogP contribution in [0.5, 0.6) is 11.5 Å². The second kappa shape index (κ2) is 10.0. The molecule has 0 bridgehead atoms. The second-order valence-corrected chi connectivity index (χ2v) is 11.8. The van der Waals surface area contributed by atoms with Gasteiger partial charge in [0, 0.05) is 29.2 Å². The number of carbonyl (C=O) groups excluding carboxylic acids is 2. The topological polar surface area (TPSA) is 137 Å². The molecule has 0 radical (unpaired) electrons. The van der Waals surface area contributed by atoms with Crippen molar-refractivity contribution in [2.75, 3.05) is 25.9 Å². The van der Waals surface area contributed by atoms with Gasteiger partial charge in [0.25, 0.3) is 5.91 Å². The molecule has 206 valence electrons. The summed E-state index contributed by atoms with van der Waals surface area (Å²) in [5.41, 5.74) is 21.6. The van der Waals surface area contributed by atoms with Gasteiger partial charge < -0.3 is 32.2 Å². The van der Waals surface area contributed by atoms with Crippen LogP contribution >= 0.6 is 11.3 Å². The number of ketones is 1. The number of likely N-dealkylation sites (N-methyl/N-ethyl adjacent to an activating group) is 1. The number of nitrogens with one attached hydrogen (secondary N) is 1. The Morgan fingerprint density at radius 1 is 1.12 bits per heavy atom. The molecule has 0 saturated carbocycles. The third-order valence-electron chi connectivity index (χ3n) is 8.29. The fourth-order valence-electron chi connectivity index (χ4n) is 6.12. The van der Waals surface area contributed by atoms with Gasteiger partial charge in [0.2, 0.25) is 0 Å². The maximum Gasteiger partial charge on any atom is 0.261 e. The molecule has 40 heavy (non-hydrogen) atoms. The standard InChI is InChI=1S/C31H33N5O3S/c1-17-15-20(39-19-8-4-3-5-9-19)10-11-21(17)31(34)22-12-13-23(32)27-24(22)25(26(33)29(31)37)28(40-27)30(38)35-16-18-7-6-14-36(18)2/h3-5,8-13,15,18,26H,6-7,14,16,32-34H2,1-2H3,(H,35,38)/t18?,26-,31?/m0/s1. The van der Waals surface area contributed by atoms with E-state index in [1.54, 1.807) is 18.2 Å². The van der Waals surface area contributed by atoms with Gasteiger partial charge in [0.15, 0.2) is 5.78 Å². The molecule has 3 atom stereocenters. The van der Waals surface area contributed by atoms with Gasteiger partial charge in [0.05, 0.1) is 15.6 Å². The summed E-state index contributed by atoms with van der Waals surface area (Å²) in [7, 11) is 2.07. The van der Waals surface area contributed by atoms with Crippen molar-refractivity contribution in [3.05, 3.63) is 87.8 Å². The van der Waals surface area contributed by atoms with Crippen LogP contribution < -0.4 is 27.3 Å². The van der Waals surface area contributed by atoms with Crippen molar-refractivity contribution < 1.29 is 14.3 Å². The summed E-state index contributed by atoms with van der Waals surface area (Å²) in [5.74, 6) is 0.734. The lowest BCUT2D eigenvalue weighted by Gasteiger charge is -2.37. The Morgan fingerprint density at radius 3 is 2.58 bits per heavy atom. The quantitative estimate of drug-likeness (QED) is 0.262. The Kier molecular flexibility index (Phi) is 6.62. The zero-order chi connectivity index (χ0) is 28.2. The molecule has 2 aliphatic rings. The van der Waals surface area contributed by atoms with Crippen LogP contribution in [-0.4, -0.2) is 42.8 Å². The van der Waals surface area contributed by atoms with Gasteiger partial charge in [-0.05, 0) is 80.4 Å². The number of ether oxygens (including phenoxy) is 1. The molecule has 3 aromatic carbocycles. The minimum Gasteiger partial charge on any atom is -0.457 e.